The lowest BCUT2D eigenvalue weighted by atomic mass is 10.2. The van der Waals surface area contributed by atoms with Crippen molar-refractivity contribution < 1.29 is 19.5 Å². The van der Waals surface area contributed by atoms with Crippen molar-refractivity contribution in [3.8, 4) is 0 Å². The number of aliphatic hydroxyl groups is 1. The molecule has 17 heavy (non-hydrogen) atoms. The smallest absolute Gasteiger partial charge is 0.242 e. The molecule has 0 aliphatic rings. The van der Waals surface area contributed by atoms with Gasteiger partial charge in [0, 0.05) is 0 Å². The van der Waals surface area contributed by atoms with E-state index in [0.29, 0.717) is 0 Å². The molecule has 0 aromatic heterocycles. The number of nitrogens with one attached hydrogen (secondary N) is 2. The van der Waals surface area contributed by atoms with Crippen LogP contribution in [-0.2, 0) is 14.4 Å². The highest BCUT2D eigenvalue weighted by atomic mass is 16.3. The third kappa shape index (κ3) is 5.41. The third-order valence-electron chi connectivity index (χ3n) is 2.07. The van der Waals surface area contributed by atoms with Crippen LogP contribution >= 0.6 is 0 Å². The van der Waals surface area contributed by atoms with Gasteiger partial charge in [0.1, 0.15) is 12.1 Å². The predicted molar refractivity (Wildman–Crippen MR) is 60.6 cm³/mol. The van der Waals surface area contributed by atoms with Crippen LogP contribution < -0.4 is 16.4 Å². The van der Waals surface area contributed by atoms with Gasteiger partial charge in [-0.3, -0.25) is 14.4 Å². The van der Waals surface area contributed by atoms with Gasteiger partial charge in [-0.25, -0.2) is 0 Å². The lowest BCUT2D eigenvalue weighted by Crippen LogP contribution is -2.53. The van der Waals surface area contributed by atoms with Crippen molar-refractivity contribution in [2.75, 3.05) is 0 Å². The molecule has 0 heterocycles. The molecule has 0 fully saturated rings. The van der Waals surface area contributed by atoms with Crippen LogP contribution in [0.2, 0.25) is 0 Å². The van der Waals surface area contributed by atoms with Gasteiger partial charge in [0.25, 0.3) is 0 Å². The number of carbonyl (C=O) groups is 2. The zero-order valence-corrected chi connectivity index (χ0v) is 10.1. The number of aliphatic hydroxyl groups excluding tert-OH is 1. The first-order valence-electron chi connectivity index (χ1n) is 5.21. The summed E-state index contributed by atoms with van der Waals surface area (Å²) in [6.07, 6.45) is 0.446. The largest absolute Gasteiger partial charge is 0.391 e. The van der Waals surface area contributed by atoms with Crippen LogP contribution in [0.4, 0.5) is 0 Å². The van der Waals surface area contributed by atoms with E-state index < -0.39 is 36.0 Å². The number of amides is 2. The average Bonchev–Trinajstić information content (AvgIpc) is 2.24. The summed E-state index contributed by atoms with van der Waals surface area (Å²) in [5, 5.41) is 13.7. The molecule has 7 nitrogen and oxygen atoms in total. The van der Waals surface area contributed by atoms with Crippen LogP contribution in [0.3, 0.4) is 0 Å². The second-order valence-electron chi connectivity index (χ2n) is 3.86. The van der Waals surface area contributed by atoms with Crippen LogP contribution in [0.15, 0.2) is 0 Å². The molecule has 2 amide bonds. The molecule has 97 valence electrons. The van der Waals surface area contributed by atoms with Gasteiger partial charge < -0.3 is 21.5 Å². The third-order valence-corrected chi connectivity index (χ3v) is 2.07. The maximum absolute atomic E-state index is 11.5. The Morgan fingerprint density at radius 3 is 2.06 bits per heavy atom. The lowest BCUT2D eigenvalue weighted by Gasteiger charge is -2.19. The van der Waals surface area contributed by atoms with Gasteiger partial charge >= 0.3 is 0 Å². The Morgan fingerprint density at radius 1 is 1.18 bits per heavy atom. The first kappa shape index (κ1) is 15.5. The molecule has 0 aromatic carbocycles. The van der Waals surface area contributed by atoms with Crippen molar-refractivity contribution in [3.05, 3.63) is 0 Å². The van der Waals surface area contributed by atoms with Gasteiger partial charge in [0.15, 0.2) is 0 Å². The van der Waals surface area contributed by atoms with Crippen molar-refractivity contribution in [2.45, 2.75) is 45.0 Å². The number of nitrogens with two attached hydrogens (primary N) is 1. The van der Waals surface area contributed by atoms with Crippen LogP contribution in [-0.4, -0.2) is 47.4 Å². The molecule has 4 atom stereocenters. The van der Waals surface area contributed by atoms with E-state index in [1.165, 1.54) is 27.1 Å². The molecule has 0 unspecified atom stereocenters. The number of rotatable bonds is 6. The lowest BCUT2D eigenvalue weighted by molar-refractivity contribution is -0.129. The van der Waals surface area contributed by atoms with E-state index in [-0.39, 0.29) is 0 Å². The highest BCUT2D eigenvalue weighted by Gasteiger charge is 2.22. The summed E-state index contributed by atoms with van der Waals surface area (Å²) in [6.45, 7) is 4.28. The normalized spacial score (nSPS) is 17.5. The Hall–Kier alpha value is -1.47. The van der Waals surface area contributed by atoms with E-state index >= 15 is 0 Å². The number of hydrogen-bond acceptors (Lipinski definition) is 5. The summed E-state index contributed by atoms with van der Waals surface area (Å²) in [6, 6.07) is -2.68. The van der Waals surface area contributed by atoms with Crippen molar-refractivity contribution >= 4 is 18.1 Å². The summed E-state index contributed by atoms with van der Waals surface area (Å²) < 4.78 is 0. The fraction of sp³-hybridized carbons (Fsp3) is 0.700. The predicted octanol–water partition coefficient (Wildman–Crippen LogP) is -2.19. The van der Waals surface area contributed by atoms with Gasteiger partial charge in [-0.1, -0.05) is 0 Å². The van der Waals surface area contributed by atoms with Crippen molar-refractivity contribution in [2.24, 2.45) is 5.73 Å². The first-order valence-corrected chi connectivity index (χ1v) is 5.21. The number of hydrogen-bond donors (Lipinski definition) is 4. The summed E-state index contributed by atoms with van der Waals surface area (Å²) in [4.78, 5) is 33.2. The Morgan fingerprint density at radius 2 is 1.71 bits per heavy atom. The average molecular weight is 244 g/mol. The quantitative estimate of drug-likeness (QED) is 0.423. The van der Waals surface area contributed by atoms with Crippen LogP contribution in [0.25, 0.3) is 0 Å². The number of carbonyl (C=O) groups excluding carboxylic acids is 3. The molecule has 0 saturated heterocycles. The minimum atomic E-state index is -1.11. The molecule has 0 aliphatic heterocycles. The molecule has 5 N–H and O–H groups in total. The highest BCUT2D eigenvalue weighted by molar-refractivity contribution is 5.90. The van der Waals surface area contributed by atoms with Gasteiger partial charge in [0.05, 0.1) is 12.1 Å². The summed E-state index contributed by atoms with van der Waals surface area (Å²) in [5.41, 5.74) is 5.31. The summed E-state index contributed by atoms with van der Waals surface area (Å²) in [7, 11) is 0. The SMILES string of the molecule is C[C@H](N)C(=O)N[C@@H](C)C(=O)N[C@H]([C]=O)[C@@H](C)O. The molecule has 7 heteroatoms. The molecule has 0 saturated carbocycles. The summed E-state index contributed by atoms with van der Waals surface area (Å²) >= 11 is 0. The van der Waals surface area contributed by atoms with Gasteiger partial charge in [-0.05, 0) is 20.8 Å². The Balaban J connectivity index is 4.31. The molecule has 0 aromatic rings. The maximum Gasteiger partial charge on any atom is 0.242 e. The van der Waals surface area contributed by atoms with Gasteiger partial charge in [0.2, 0.25) is 18.1 Å². The second-order valence-corrected chi connectivity index (χ2v) is 3.86. The standard InChI is InChI=1S/C10H18N3O4/c1-5(11)9(16)12-6(2)10(17)13-8(4-14)7(3)15/h5-8,15H,11H2,1-3H3,(H,12,16)(H,13,17)/t5-,6-,7+,8+/m0/s1. The van der Waals surface area contributed by atoms with E-state index in [4.69, 9.17) is 10.8 Å². The van der Waals surface area contributed by atoms with E-state index in [9.17, 15) is 14.4 Å². The maximum atomic E-state index is 11.5. The minimum absolute atomic E-state index is 0.476. The highest BCUT2D eigenvalue weighted by Crippen LogP contribution is 1.91. The molecule has 0 aliphatic carbocycles. The van der Waals surface area contributed by atoms with Crippen LogP contribution in [0, 0.1) is 0 Å². The molecule has 0 bridgehead atoms. The van der Waals surface area contributed by atoms with Gasteiger partial charge in [-0.2, -0.15) is 0 Å². The van der Waals surface area contributed by atoms with E-state index in [2.05, 4.69) is 10.6 Å². The van der Waals surface area contributed by atoms with E-state index in [1.807, 2.05) is 0 Å². The van der Waals surface area contributed by atoms with Crippen molar-refractivity contribution in [1.82, 2.24) is 10.6 Å². The molecular weight excluding hydrogens is 226 g/mol. The fourth-order valence-corrected chi connectivity index (χ4v) is 0.937. The van der Waals surface area contributed by atoms with Crippen molar-refractivity contribution in [3.63, 3.8) is 0 Å². The van der Waals surface area contributed by atoms with E-state index in [1.54, 1.807) is 0 Å². The van der Waals surface area contributed by atoms with E-state index in [0.717, 1.165) is 0 Å². The van der Waals surface area contributed by atoms with Gasteiger partial charge in [-0.15, -0.1) is 0 Å². The second kappa shape index (κ2) is 6.97. The zero-order chi connectivity index (χ0) is 13.6. The van der Waals surface area contributed by atoms with Crippen LogP contribution in [0.5, 0.6) is 0 Å². The zero-order valence-electron chi connectivity index (χ0n) is 10.1. The Bertz CT molecular complexity index is 291. The summed E-state index contributed by atoms with van der Waals surface area (Å²) in [5.74, 6) is -1.07. The topological polar surface area (TPSA) is 122 Å². The monoisotopic (exact) mass is 244 g/mol. The Kier molecular flexibility index (Phi) is 6.37. The van der Waals surface area contributed by atoms with Crippen molar-refractivity contribution in [1.29, 1.82) is 0 Å². The van der Waals surface area contributed by atoms with Crippen LogP contribution in [0.1, 0.15) is 20.8 Å². The minimum Gasteiger partial charge on any atom is -0.391 e. The molecule has 0 spiro atoms. The first-order chi connectivity index (χ1) is 7.79. The fourth-order valence-electron chi connectivity index (χ4n) is 0.937. The molecule has 1 radical (unpaired) electrons. The molecular formula is C10H18N3O4. The Labute approximate surface area is 99.7 Å². The molecule has 0 rings (SSSR count).